The van der Waals surface area contributed by atoms with E-state index >= 15 is 0 Å². The van der Waals surface area contributed by atoms with Crippen LogP contribution in [-0.4, -0.2) is 23.0 Å². The number of rotatable bonds is 7. The second-order valence-electron chi connectivity index (χ2n) is 6.13. The molecule has 0 heterocycles. The van der Waals surface area contributed by atoms with Crippen molar-refractivity contribution in [3.63, 3.8) is 0 Å². The van der Waals surface area contributed by atoms with Gasteiger partial charge < -0.3 is 5.11 Å². The van der Waals surface area contributed by atoms with Crippen LogP contribution in [0.15, 0.2) is 78.3 Å². The molecule has 2 nitrogen and oxygen atoms in total. The van der Waals surface area contributed by atoms with Crippen LogP contribution in [0.3, 0.4) is 0 Å². The minimum absolute atomic E-state index is 0.312. The molecule has 2 aromatic carbocycles. The highest BCUT2D eigenvalue weighted by atomic mass is 16.3. The van der Waals surface area contributed by atoms with Gasteiger partial charge in [0.1, 0.15) is 0 Å². The summed E-state index contributed by atoms with van der Waals surface area (Å²) in [6.07, 6.45) is 1.92. The third kappa shape index (κ3) is 4.90. The molecule has 0 fully saturated rings. The van der Waals surface area contributed by atoms with Gasteiger partial charge in [-0.3, -0.25) is 4.99 Å². The Morgan fingerprint density at radius 3 is 1.87 bits per heavy atom. The van der Waals surface area contributed by atoms with Crippen LogP contribution in [0.2, 0.25) is 0 Å². The van der Waals surface area contributed by atoms with E-state index in [2.05, 4.69) is 20.4 Å². The predicted molar refractivity (Wildman–Crippen MR) is 98.0 cm³/mol. The van der Waals surface area contributed by atoms with Gasteiger partial charge in [0.15, 0.2) is 0 Å². The Balaban J connectivity index is 2.42. The molecule has 0 aliphatic rings. The van der Waals surface area contributed by atoms with E-state index in [0.29, 0.717) is 12.3 Å². The average molecular weight is 307 g/mol. The molecule has 2 heteroatoms. The monoisotopic (exact) mass is 307 g/mol. The van der Waals surface area contributed by atoms with Gasteiger partial charge >= 0.3 is 0 Å². The number of hydrogen-bond acceptors (Lipinski definition) is 2. The van der Waals surface area contributed by atoms with Crippen LogP contribution in [0.25, 0.3) is 0 Å². The summed E-state index contributed by atoms with van der Waals surface area (Å²) in [7, 11) is 0. The number of aliphatic hydroxyl groups is 1. The van der Waals surface area contributed by atoms with E-state index in [1.54, 1.807) is 6.08 Å². The first-order valence-electron chi connectivity index (χ1n) is 8.11. The van der Waals surface area contributed by atoms with E-state index in [1.165, 1.54) is 0 Å². The molecule has 0 aliphatic carbocycles. The molecule has 2 rings (SSSR count). The molecule has 0 bridgehead atoms. The summed E-state index contributed by atoms with van der Waals surface area (Å²) in [5, 5.41) is 10.4. The van der Waals surface area contributed by atoms with E-state index in [1.807, 2.05) is 60.7 Å². The van der Waals surface area contributed by atoms with Crippen molar-refractivity contribution in [2.75, 3.05) is 0 Å². The maximum absolute atomic E-state index is 10.4. The SMILES string of the molecule is C=C[C@@H](N=C(c1ccccc1)c1ccccc1)[C@@H](O)CC(C)C. The Labute approximate surface area is 139 Å². The molecule has 0 amide bonds. The van der Waals surface area contributed by atoms with Gasteiger partial charge in [0.05, 0.1) is 17.9 Å². The first-order valence-corrected chi connectivity index (χ1v) is 8.11. The van der Waals surface area contributed by atoms with Crippen molar-refractivity contribution in [1.29, 1.82) is 0 Å². The lowest BCUT2D eigenvalue weighted by molar-refractivity contribution is 0.136. The summed E-state index contributed by atoms with van der Waals surface area (Å²) in [4.78, 5) is 4.84. The lowest BCUT2D eigenvalue weighted by atomic mass is 9.98. The molecule has 0 aromatic heterocycles. The summed E-state index contributed by atoms with van der Waals surface area (Å²) >= 11 is 0. The molecule has 1 N–H and O–H groups in total. The molecule has 0 saturated carbocycles. The minimum Gasteiger partial charge on any atom is -0.391 e. The van der Waals surface area contributed by atoms with E-state index in [9.17, 15) is 5.11 Å². The van der Waals surface area contributed by atoms with Crippen LogP contribution in [0.5, 0.6) is 0 Å². The molecular weight excluding hydrogens is 282 g/mol. The minimum atomic E-state index is -0.519. The van der Waals surface area contributed by atoms with Crippen molar-refractivity contribution in [2.45, 2.75) is 32.4 Å². The van der Waals surface area contributed by atoms with Gasteiger partial charge in [-0.2, -0.15) is 0 Å². The Morgan fingerprint density at radius 1 is 1.00 bits per heavy atom. The van der Waals surface area contributed by atoms with Crippen molar-refractivity contribution >= 4 is 5.71 Å². The molecule has 0 aliphatic heterocycles. The van der Waals surface area contributed by atoms with Gasteiger partial charge in [-0.25, -0.2) is 0 Å². The number of nitrogens with zero attached hydrogens (tertiary/aromatic N) is 1. The third-order valence-corrected chi connectivity index (χ3v) is 3.72. The number of hydrogen-bond donors (Lipinski definition) is 1. The van der Waals surface area contributed by atoms with Gasteiger partial charge in [0.2, 0.25) is 0 Å². The summed E-state index contributed by atoms with van der Waals surface area (Å²) in [5.41, 5.74) is 2.98. The zero-order valence-corrected chi connectivity index (χ0v) is 13.9. The number of benzene rings is 2. The Bertz CT molecular complexity index is 590. The van der Waals surface area contributed by atoms with Gasteiger partial charge in [-0.05, 0) is 12.3 Å². The number of aliphatic imine (C=N–C) groups is 1. The molecular formula is C21H25NO. The van der Waals surface area contributed by atoms with Crippen LogP contribution in [0.1, 0.15) is 31.4 Å². The zero-order valence-electron chi connectivity index (χ0n) is 13.9. The fourth-order valence-electron chi connectivity index (χ4n) is 2.58. The predicted octanol–water partition coefficient (Wildman–Crippen LogP) is 4.49. The lowest BCUT2D eigenvalue weighted by Crippen LogP contribution is -2.25. The zero-order chi connectivity index (χ0) is 16.7. The van der Waals surface area contributed by atoms with Gasteiger partial charge in [0.25, 0.3) is 0 Å². The Kier molecular flexibility index (Phi) is 6.30. The summed E-state index contributed by atoms with van der Waals surface area (Å²) in [5.74, 6) is 0.416. The van der Waals surface area contributed by atoms with Crippen molar-refractivity contribution in [3.8, 4) is 0 Å². The van der Waals surface area contributed by atoms with Crippen LogP contribution >= 0.6 is 0 Å². The lowest BCUT2D eigenvalue weighted by Gasteiger charge is -2.20. The highest BCUT2D eigenvalue weighted by Crippen LogP contribution is 2.17. The molecule has 2 atom stereocenters. The Morgan fingerprint density at radius 2 is 1.48 bits per heavy atom. The molecule has 2 aromatic rings. The van der Waals surface area contributed by atoms with Crippen molar-refractivity contribution < 1.29 is 5.11 Å². The first kappa shape index (κ1) is 17.2. The molecule has 0 saturated heterocycles. The largest absolute Gasteiger partial charge is 0.391 e. The highest BCUT2D eigenvalue weighted by Gasteiger charge is 2.18. The van der Waals surface area contributed by atoms with Crippen LogP contribution in [0.4, 0.5) is 0 Å². The van der Waals surface area contributed by atoms with Gasteiger partial charge in [-0.1, -0.05) is 80.6 Å². The normalized spacial score (nSPS) is 13.4. The molecule has 23 heavy (non-hydrogen) atoms. The summed E-state index contributed by atoms with van der Waals surface area (Å²) in [6, 6.07) is 19.8. The Hall–Kier alpha value is -2.19. The summed E-state index contributed by atoms with van der Waals surface area (Å²) < 4.78 is 0. The fraction of sp³-hybridized carbons (Fsp3) is 0.286. The van der Waals surface area contributed by atoms with E-state index in [4.69, 9.17) is 4.99 Å². The molecule has 120 valence electrons. The maximum Gasteiger partial charge on any atom is 0.0944 e. The molecule has 0 radical (unpaired) electrons. The second-order valence-corrected chi connectivity index (χ2v) is 6.13. The smallest absolute Gasteiger partial charge is 0.0944 e. The van der Waals surface area contributed by atoms with E-state index < -0.39 is 6.10 Å². The van der Waals surface area contributed by atoms with Gasteiger partial charge in [-0.15, -0.1) is 6.58 Å². The van der Waals surface area contributed by atoms with Crippen molar-refractivity contribution in [3.05, 3.63) is 84.4 Å². The highest BCUT2D eigenvalue weighted by molar-refractivity contribution is 6.13. The van der Waals surface area contributed by atoms with Gasteiger partial charge in [0, 0.05) is 11.1 Å². The second kappa shape index (κ2) is 8.44. The van der Waals surface area contributed by atoms with Crippen LogP contribution in [-0.2, 0) is 0 Å². The van der Waals surface area contributed by atoms with Crippen LogP contribution in [0, 0.1) is 5.92 Å². The average Bonchev–Trinajstić information content (AvgIpc) is 2.56. The summed E-state index contributed by atoms with van der Waals surface area (Å²) in [6.45, 7) is 8.06. The third-order valence-electron chi connectivity index (χ3n) is 3.72. The van der Waals surface area contributed by atoms with E-state index in [-0.39, 0.29) is 6.04 Å². The number of aliphatic hydroxyl groups excluding tert-OH is 1. The molecule has 0 spiro atoms. The molecule has 0 unspecified atom stereocenters. The van der Waals surface area contributed by atoms with Crippen molar-refractivity contribution in [1.82, 2.24) is 0 Å². The quantitative estimate of drug-likeness (QED) is 0.593. The first-order chi connectivity index (χ1) is 11.1. The van der Waals surface area contributed by atoms with E-state index in [0.717, 1.165) is 16.8 Å². The van der Waals surface area contributed by atoms with Crippen molar-refractivity contribution in [2.24, 2.45) is 10.9 Å². The fourth-order valence-corrected chi connectivity index (χ4v) is 2.58. The van der Waals surface area contributed by atoms with Crippen LogP contribution < -0.4 is 0 Å². The topological polar surface area (TPSA) is 32.6 Å². The standard InChI is InChI=1S/C21H25NO/c1-4-19(20(23)15-16(2)3)22-21(17-11-7-5-8-12-17)18-13-9-6-10-14-18/h4-14,16,19-20,23H,1,15H2,2-3H3/t19-,20+/m1/s1. The maximum atomic E-state index is 10.4.